The summed E-state index contributed by atoms with van der Waals surface area (Å²) in [6.07, 6.45) is 4.43. The normalized spacial score (nSPS) is 10.9. The first-order valence-corrected chi connectivity index (χ1v) is 19.4. The first-order valence-electron chi connectivity index (χ1n) is 16.0. The molecule has 0 aliphatic rings. The van der Waals surface area contributed by atoms with Crippen molar-refractivity contribution in [1.82, 2.24) is 0 Å². The molecule has 0 saturated heterocycles. The number of hydrogen-bond acceptors (Lipinski definition) is 3. The SMILES string of the molecule is Cc1ccc(S(=O)(=O)/C=C/c2ccc(F)cc2)cc1.N#C/C=C\c1ccc(F)cc1.[C-]#[N+]C=P(c1ccccc1)(c1ccccc1)c1ccccc1. The molecule has 0 fully saturated rings. The summed E-state index contributed by atoms with van der Waals surface area (Å²) in [5, 5.41) is 12.9. The van der Waals surface area contributed by atoms with E-state index in [0.717, 1.165) is 16.5 Å². The molecular formula is C44H35F2N2O2PS. The lowest BCUT2D eigenvalue weighted by Gasteiger charge is -2.27. The molecule has 0 heterocycles. The van der Waals surface area contributed by atoms with Crippen molar-refractivity contribution in [2.45, 2.75) is 11.8 Å². The van der Waals surface area contributed by atoms with Crippen LogP contribution in [-0.2, 0) is 9.84 Å². The van der Waals surface area contributed by atoms with Gasteiger partial charge >= 0.3 is 0 Å². The fourth-order valence-corrected chi connectivity index (χ4v) is 9.38. The highest BCUT2D eigenvalue weighted by Crippen LogP contribution is 2.43. The van der Waals surface area contributed by atoms with Gasteiger partial charge in [-0.1, -0.05) is 133 Å². The summed E-state index contributed by atoms with van der Waals surface area (Å²) in [5.74, 6) is 1.21. The fraction of sp³-hybridized carbons (Fsp3) is 0.0227. The van der Waals surface area contributed by atoms with Crippen molar-refractivity contribution in [3.8, 4) is 6.07 Å². The fourth-order valence-electron chi connectivity index (χ4n) is 4.98. The van der Waals surface area contributed by atoms with Crippen LogP contribution in [0.4, 0.5) is 8.78 Å². The van der Waals surface area contributed by atoms with Gasteiger partial charge in [0.05, 0.1) is 17.5 Å². The molecule has 0 aliphatic carbocycles. The average Bonchev–Trinajstić information content (AvgIpc) is 3.18. The molecule has 0 saturated carbocycles. The largest absolute Gasteiger partial charge is 0.245 e. The third-order valence-electron chi connectivity index (χ3n) is 7.60. The van der Waals surface area contributed by atoms with Gasteiger partial charge in [0.1, 0.15) is 11.6 Å². The summed E-state index contributed by atoms with van der Waals surface area (Å²) < 4.78 is 49.1. The van der Waals surface area contributed by atoms with Gasteiger partial charge in [0.15, 0.2) is 15.8 Å². The molecule has 0 unspecified atom stereocenters. The Morgan fingerprint density at radius 1 is 0.615 bits per heavy atom. The van der Waals surface area contributed by atoms with Gasteiger partial charge in [0, 0.05) is 11.5 Å². The lowest BCUT2D eigenvalue weighted by atomic mass is 10.2. The molecule has 0 atom stereocenters. The zero-order chi connectivity index (χ0) is 37.2. The number of aryl methyl sites for hydroxylation is 1. The first-order chi connectivity index (χ1) is 25.2. The van der Waals surface area contributed by atoms with Gasteiger partial charge in [-0.25, -0.2) is 22.0 Å². The highest BCUT2D eigenvalue weighted by molar-refractivity contribution is 7.94. The topological polar surface area (TPSA) is 62.3 Å². The highest BCUT2D eigenvalue weighted by atomic mass is 32.2. The van der Waals surface area contributed by atoms with Crippen molar-refractivity contribution in [3.05, 3.63) is 215 Å². The monoisotopic (exact) mass is 724 g/mol. The van der Waals surface area contributed by atoms with E-state index in [-0.39, 0.29) is 16.5 Å². The third-order valence-corrected chi connectivity index (χ3v) is 12.8. The van der Waals surface area contributed by atoms with E-state index in [1.807, 2.05) is 73.5 Å². The molecule has 6 aromatic rings. The molecule has 8 heteroatoms. The van der Waals surface area contributed by atoms with Crippen molar-refractivity contribution in [2.75, 3.05) is 0 Å². The number of halogens is 2. The second-order valence-corrected chi connectivity index (χ2v) is 16.3. The van der Waals surface area contributed by atoms with Crippen LogP contribution in [0.3, 0.4) is 0 Å². The second-order valence-electron chi connectivity index (χ2n) is 11.2. The number of hydrogen-bond donors (Lipinski definition) is 0. The molecule has 0 spiro atoms. The minimum atomic E-state index is -3.46. The van der Waals surface area contributed by atoms with Crippen molar-refractivity contribution in [3.63, 3.8) is 0 Å². The predicted octanol–water partition coefficient (Wildman–Crippen LogP) is 9.60. The molecule has 0 amide bonds. The maximum absolute atomic E-state index is 12.7. The molecule has 0 aliphatic heterocycles. The molecule has 4 nitrogen and oxygen atoms in total. The van der Waals surface area contributed by atoms with Crippen molar-refractivity contribution >= 4 is 50.7 Å². The Morgan fingerprint density at radius 2 is 1.02 bits per heavy atom. The molecule has 0 aromatic heterocycles. The van der Waals surface area contributed by atoms with Gasteiger partial charge in [-0.15, -0.1) is 0 Å². The summed E-state index contributed by atoms with van der Waals surface area (Å²) in [6, 6.07) is 51.2. The number of nitriles is 1. The number of rotatable bonds is 7. The van der Waals surface area contributed by atoms with E-state index < -0.39 is 16.7 Å². The number of nitrogens with zero attached hydrogens (tertiary/aromatic N) is 2. The standard InChI is InChI=1S/C20H16NP.C15H13FO2S.C9H6FN/c1-21-17-22(18-11-5-2-6-12-18,19-13-7-3-8-14-19)20-15-9-4-10-16-20;1-12-2-8-15(9-3-12)19(17,18)11-10-13-4-6-14(16)7-5-13;10-9-5-3-8(4-6-9)2-1-7-11/h2-17H;2-11H,1H3;1-6H/b;11-10+;2-1-. The zero-order valence-electron chi connectivity index (χ0n) is 28.3. The summed E-state index contributed by atoms with van der Waals surface area (Å²) in [4.78, 5) is 3.96. The smallest absolute Gasteiger partial charge is 0.199 e. The Labute approximate surface area is 305 Å². The summed E-state index contributed by atoms with van der Waals surface area (Å²) >= 11 is 0. The minimum absolute atomic E-state index is 0.247. The van der Waals surface area contributed by atoms with Crippen LogP contribution in [0.2, 0.25) is 0 Å². The van der Waals surface area contributed by atoms with E-state index in [1.165, 1.54) is 64.5 Å². The van der Waals surface area contributed by atoms with Gasteiger partial charge in [0.2, 0.25) is 0 Å². The van der Waals surface area contributed by atoms with Gasteiger partial charge in [-0.05, 0) is 89.4 Å². The minimum Gasteiger partial charge on any atom is -0.245 e. The Balaban J connectivity index is 0.000000184. The Hall–Kier alpha value is -6.11. The van der Waals surface area contributed by atoms with Crippen LogP contribution in [0.25, 0.3) is 17.0 Å². The van der Waals surface area contributed by atoms with Crippen molar-refractivity contribution in [1.29, 1.82) is 5.26 Å². The van der Waals surface area contributed by atoms with Crippen molar-refractivity contribution < 1.29 is 17.2 Å². The molecule has 6 rings (SSSR count). The Bertz CT molecular complexity index is 2230. The van der Waals surface area contributed by atoms with Crippen LogP contribution < -0.4 is 15.9 Å². The molecular weight excluding hydrogens is 690 g/mol. The van der Waals surface area contributed by atoms with Crippen LogP contribution >= 0.6 is 6.89 Å². The lowest BCUT2D eigenvalue weighted by molar-refractivity contribution is 0.604. The van der Waals surface area contributed by atoms with Crippen molar-refractivity contribution in [2.24, 2.45) is 0 Å². The first kappa shape index (κ1) is 38.7. The number of sulfone groups is 1. The quantitative estimate of drug-likeness (QED) is 0.0937. The number of allylic oxidation sites excluding steroid dienone is 1. The number of benzene rings is 6. The van der Waals surface area contributed by atoms with E-state index in [1.54, 1.807) is 42.5 Å². The zero-order valence-corrected chi connectivity index (χ0v) is 30.0. The van der Waals surface area contributed by atoms with E-state index in [0.29, 0.717) is 5.56 Å². The van der Waals surface area contributed by atoms with Gasteiger partial charge in [-0.3, -0.25) is 0 Å². The Kier molecular flexibility index (Phi) is 14.4. The predicted molar refractivity (Wildman–Crippen MR) is 213 cm³/mol. The maximum atomic E-state index is 12.7. The molecule has 258 valence electrons. The molecule has 0 N–H and O–H groups in total. The molecule has 0 radical (unpaired) electrons. The summed E-state index contributed by atoms with van der Waals surface area (Å²) in [7, 11) is -3.46. The third kappa shape index (κ3) is 10.9. The average molecular weight is 725 g/mol. The van der Waals surface area contributed by atoms with E-state index in [9.17, 15) is 17.2 Å². The maximum Gasteiger partial charge on any atom is 0.199 e. The molecule has 52 heavy (non-hydrogen) atoms. The molecule has 6 aromatic carbocycles. The summed E-state index contributed by atoms with van der Waals surface area (Å²) in [6.45, 7) is 7.36. The van der Waals surface area contributed by atoms with Crippen LogP contribution in [0.5, 0.6) is 0 Å². The van der Waals surface area contributed by atoms with E-state index in [4.69, 9.17) is 11.8 Å². The van der Waals surface area contributed by atoms with Crippen LogP contribution in [0.1, 0.15) is 16.7 Å². The highest BCUT2D eigenvalue weighted by Gasteiger charge is 2.24. The van der Waals surface area contributed by atoms with Gasteiger partial charge in [-0.2, -0.15) is 5.26 Å². The summed E-state index contributed by atoms with van der Waals surface area (Å²) in [5.41, 5.74) is 2.46. The van der Waals surface area contributed by atoms with Gasteiger partial charge < -0.3 is 0 Å². The van der Waals surface area contributed by atoms with E-state index >= 15 is 0 Å². The van der Waals surface area contributed by atoms with E-state index in [2.05, 4.69) is 41.2 Å². The van der Waals surface area contributed by atoms with Crippen LogP contribution in [0.15, 0.2) is 180 Å². The molecule has 0 bridgehead atoms. The van der Waals surface area contributed by atoms with Gasteiger partial charge in [0.25, 0.3) is 0 Å². The lowest BCUT2D eigenvalue weighted by Crippen LogP contribution is -2.26. The Morgan fingerprint density at radius 3 is 1.40 bits per heavy atom. The second kappa shape index (κ2) is 19.3. The van der Waals surface area contributed by atoms with Crippen LogP contribution in [0, 0.1) is 36.5 Å². The van der Waals surface area contributed by atoms with Crippen LogP contribution in [-0.4, -0.2) is 14.3 Å².